The highest BCUT2D eigenvalue weighted by atomic mass is 127. The molecule has 0 spiro atoms. The van der Waals surface area contributed by atoms with Gasteiger partial charge in [0, 0.05) is 15.9 Å². The number of allylic oxidation sites excluding steroid dienone is 3. The van der Waals surface area contributed by atoms with Crippen LogP contribution in [0, 0.1) is 0 Å². The van der Waals surface area contributed by atoms with Gasteiger partial charge in [-0.15, -0.1) is 0 Å². The van der Waals surface area contributed by atoms with Crippen LogP contribution >= 0.6 is 22.6 Å². The highest BCUT2D eigenvalue weighted by Gasteiger charge is 2.03. The summed E-state index contributed by atoms with van der Waals surface area (Å²) in [6.07, 6.45) is 4.90. The summed E-state index contributed by atoms with van der Waals surface area (Å²) in [6.45, 7) is 3.95. The predicted octanol–water partition coefficient (Wildman–Crippen LogP) is 1.64. The number of alkyl halides is 1. The van der Waals surface area contributed by atoms with Gasteiger partial charge in [0.15, 0.2) is 9.84 Å². The van der Waals surface area contributed by atoms with Crippen molar-refractivity contribution >= 4 is 32.4 Å². The second kappa shape index (κ2) is 5.75. The first-order chi connectivity index (χ1) is 6.20. The summed E-state index contributed by atoms with van der Waals surface area (Å²) in [4.78, 5) is 0. The van der Waals surface area contributed by atoms with Gasteiger partial charge in [-0.2, -0.15) is 0 Å². The fourth-order valence-electron chi connectivity index (χ4n) is 1.05. The molecule has 0 aliphatic heterocycles. The van der Waals surface area contributed by atoms with Crippen molar-refractivity contribution in [1.82, 2.24) is 0 Å². The van der Waals surface area contributed by atoms with Crippen molar-refractivity contribution in [2.24, 2.45) is 5.73 Å². The molecule has 0 rings (SSSR count). The standard InChI is InChI=1S/C9H16INO2S/c1-7(4-8(2)10)5-9(11)6-14(3,12)13/h4-5,8H,6,11H2,1-3H3/b7-4-,9-5-. The van der Waals surface area contributed by atoms with Crippen LogP contribution in [0.5, 0.6) is 0 Å². The summed E-state index contributed by atoms with van der Waals surface area (Å²) in [5.41, 5.74) is 6.96. The fraction of sp³-hybridized carbons (Fsp3) is 0.556. The van der Waals surface area contributed by atoms with Gasteiger partial charge in [-0.05, 0) is 19.9 Å². The minimum atomic E-state index is -3.02. The number of rotatable bonds is 4. The van der Waals surface area contributed by atoms with Gasteiger partial charge in [0.2, 0.25) is 0 Å². The van der Waals surface area contributed by atoms with E-state index in [1.165, 1.54) is 6.26 Å². The molecule has 82 valence electrons. The number of halogens is 1. The first-order valence-electron chi connectivity index (χ1n) is 4.17. The minimum absolute atomic E-state index is 0.0756. The Kier molecular flexibility index (Phi) is 5.73. The van der Waals surface area contributed by atoms with Gasteiger partial charge in [0.05, 0.1) is 5.75 Å². The summed E-state index contributed by atoms with van der Waals surface area (Å²) < 4.78 is 22.2. The summed E-state index contributed by atoms with van der Waals surface area (Å²) in [6, 6.07) is 0. The Morgan fingerprint density at radius 1 is 1.57 bits per heavy atom. The van der Waals surface area contributed by atoms with E-state index in [4.69, 9.17) is 5.73 Å². The number of hydrogen-bond donors (Lipinski definition) is 1. The monoisotopic (exact) mass is 329 g/mol. The van der Waals surface area contributed by atoms with Crippen molar-refractivity contribution in [1.29, 1.82) is 0 Å². The lowest BCUT2D eigenvalue weighted by Gasteiger charge is -2.01. The van der Waals surface area contributed by atoms with Crippen LogP contribution in [0.2, 0.25) is 0 Å². The molecule has 1 atom stereocenters. The van der Waals surface area contributed by atoms with E-state index in [9.17, 15) is 8.42 Å². The van der Waals surface area contributed by atoms with Crippen molar-refractivity contribution in [2.45, 2.75) is 17.8 Å². The van der Waals surface area contributed by atoms with Crippen LogP contribution in [0.15, 0.2) is 23.4 Å². The molecule has 0 aliphatic rings. The summed E-state index contributed by atoms with van der Waals surface area (Å²) in [5, 5.41) is 0. The van der Waals surface area contributed by atoms with E-state index in [2.05, 4.69) is 22.6 Å². The lowest BCUT2D eigenvalue weighted by atomic mass is 10.2. The largest absolute Gasteiger partial charge is 0.401 e. The minimum Gasteiger partial charge on any atom is -0.401 e. The van der Waals surface area contributed by atoms with E-state index in [1.807, 2.05) is 19.9 Å². The third kappa shape index (κ3) is 8.55. The second-order valence-corrected chi connectivity index (χ2v) is 7.48. The molecule has 0 saturated heterocycles. The van der Waals surface area contributed by atoms with Crippen molar-refractivity contribution in [3.8, 4) is 0 Å². The van der Waals surface area contributed by atoms with Gasteiger partial charge in [0.25, 0.3) is 0 Å². The van der Waals surface area contributed by atoms with Gasteiger partial charge in [-0.25, -0.2) is 8.42 Å². The van der Waals surface area contributed by atoms with Crippen LogP contribution in [-0.2, 0) is 9.84 Å². The van der Waals surface area contributed by atoms with Crippen molar-refractivity contribution in [2.75, 3.05) is 12.0 Å². The van der Waals surface area contributed by atoms with Crippen molar-refractivity contribution in [3.63, 3.8) is 0 Å². The molecule has 0 fully saturated rings. The Bertz CT molecular complexity index is 342. The van der Waals surface area contributed by atoms with Gasteiger partial charge >= 0.3 is 0 Å². The molecule has 0 radical (unpaired) electrons. The Labute approximate surface area is 99.5 Å². The molecular formula is C9H16INO2S. The number of nitrogens with two attached hydrogens (primary N) is 1. The number of sulfone groups is 1. The molecule has 14 heavy (non-hydrogen) atoms. The molecule has 0 bridgehead atoms. The normalized spacial score (nSPS) is 16.9. The van der Waals surface area contributed by atoms with Gasteiger partial charge < -0.3 is 5.73 Å². The number of hydrogen-bond acceptors (Lipinski definition) is 3. The molecule has 0 aliphatic carbocycles. The second-order valence-electron chi connectivity index (χ2n) is 3.38. The van der Waals surface area contributed by atoms with Gasteiger partial charge in [-0.1, -0.05) is 34.2 Å². The van der Waals surface area contributed by atoms with E-state index < -0.39 is 9.84 Å². The summed E-state index contributed by atoms with van der Waals surface area (Å²) >= 11 is 2.27. The molecule has 0 aromatic rings. The molecule has 0 saturated carbocycles. The Morgan fingerprint density at radius 2 is 2.07 bits per heavy atom. The van der Waals surface area contributed by atoms with Crippen LogP contribution in [0.4, 0.5) is 0 Å². The van der Waals surface area contributed by atoms with Crippen LogP contribution in [0.1, 0.15) is 13.8 Å². The molecule has 0 amide bonds. The molecule has 0 heterocycles. The molecule has 1 unspecified atom stereocenters. The van der Waals surface area contributed by atoms with E-state index in [0.29, 0.717) is 9.62 Å². The van der Waals surface area contributed by atoms with Crippen LogP contribution in [0.25, 0.3) is 0 Å². The van der Waals surface area contributed by atoms with Crippen LogP contribution < -0.4 is 5.73 Å². The SMILES string of the molecule is CC(=C/C(C)I)/C=C(\N)CS(C)(=O)=O. The highest BCUT2D eigenvalue weighted by molar-refractivity contribution is 14.1. The van der Waals surface area contributed by atoms with Gasteiger partial charge in [0.1, 0.15) is 0 Å². The maximum Gasteiger partial charge on any atom is 0.153 e. The molecule has 0 aromatic carbocycles. The van der Waals surface area contributed by atoms with Crippen LogP contribution in [-0.4, -0.2) is 24.4 Å². The van der Waals surface area contributed by atoms with E-state index >= 15 is 0 Å². The Hall–Kier alpha value is -0.0400. The molecule has 0 aromatic heterocycles. The third-order valence-electron chi connectivity index (χ3n) is 1.33. The first-order valence-corrected chi connectivity index (χ1v) is 7.47. The average Bonchev–Trinajstić information content (AvgIpc) is 1.77. The zero-order chi connectivity index (χ0) is 11.4. The smallest absolute Gasteiger partial charge is 0.153 e. The quantitative estimate of drug-likeness (QED) is 0.485. The first kappa shape index (κ1) is 14.0. The van der Waals surface area contributed by atoms with E-state index in [-0.39, 0.29) is 5.75 Å². The van der Waals surface area contributed by atoms with E-state index in [0.717, 1.165) is 5.57 Å². The molecular weight excluding hydrogens is 313 g/mol. The van der Waals surface area contributed by atoms with Gasteiger partial charge in [-0.3, -0.25) is 0 Å². The predicted molar refractivity (Wildman–Crippen MR) is 69.2 cm³/mol. The zero-order valence-electron chi connectivity index (χ0n) is 8.62. The van der Waals surface area contributed by atoms with Crippen LogP contribution in [0.3, 0.4) is 0 Å². The molecule has 2 N–H and O–H groups in total. The maximum atomic E-state index is 10.9. The van der Waals surface area contributed by atoms with Crippen molar-refractivity contribution in [3.05, 3.63) is 23.4 Å². The average molecular weight is 329 g/mol. The Morgan fingerprint density at radius 3 is 2.43 bits per heavy atom. The molecule has 3 nitrogen and oxygen atoms in total. The third-order valence-corrected chi connectivity index (χ3v) is 2.55. The lowest BCUT2D eigenvalue weighted by molar-refractivity contribution is 0.603. The lowest BCUT2D eigenvalue weighted by Crippen LogP contribution is -2.12. The summed E-state index contributed by atoms with van der Waals surface area (Å²) in [5.74, 6) is -0.0756. The Balaban J connectivity index is 4.54. The maximum absolute atomic E-state index is 10.9. The highest BCUT2D eigenvalue weighted by Crippen LogP contribution is 2.07. The summed E-state index contributed by atoms with van der Waals surface area (Å²) in [7, 11) is -3.02. The fourth-order valence-corrected chi connectivity index (χ4v) is 2.30. The van der Waals surface area contributed by atoms with Crippen molar-refractivity contribution < 1.29 is 8.42 Å². The topological polar surface area (TPSA) is 60.2 Å². The van der Waals surface area contributed by atoms with E-state index in [1.54, 1.807) is 6.08 Å². The zero-order valence-corrected chi connectivity index (χ0v) is 11.6. The molecule has 5 heteroatoms.